The highest BCUT2D eigenvalue weighted by Crippen LogP contribution is 1.99. The van der Waals surface area contributed by atoms with E-state index in [0.717, 1.165) is 0 Å². The third-order valence-electron chi connectivity index (χ3n) is 1.97. The number of hydrogen-bond acceptors (Lipinski definition) is 3. The number of carbonyl (C=O) groups excluding carboxylic acids is 2. The number of carbonyl (C=O) groups is 2. The van der Waals surface area contributed by atoms with Gasteiger partial charge in [-0.1, -0.05) is 0 Å². The first-order valence-electron chi connectivity index (χ1n) is 5.10. The van der Waals surface area contributed by atoms with Gasteiger partial charge in [0, 0.05) is 13.5 Å². The fraction of sp³-hybridized carbons (Fsp3) is 0.636. The third kappa shape index (κ3) is 7.17. The molecule has 17 heavy (non-hydrogen) atoms. The van der Waals surface area contributed by atoms with Crippen LogP contribution in [0.5, 0.6) is 0 Å². The van der Waals surface area contributed by atoms with Crippen LogP contribution in [0, 0.1) is 11.8 Å². The predicted octanol–water partition coefficient (Wildman–Crippen LogP) is 0.552. The summed E-state index contributed by atoms with van der Waals surface area (Å²) < 4.78 is 17.6. The van der Waals surface area contributed by atoms with Gasteiger partial charge in [0.25, 0.3) is 0 Å². The van der Waals surface area contributed by atoms with Crippen molar-refractivity contribution < 1.29 is 18.7 Å². The Hall–Kier alpha value is -1.77. The molecule has 0 aromatic heterocycles. The van der Waals surface area contributed by atoms with Gasteiger partial charge in [0.05, 0.1) is 13.7 Å². The van der Waals surface area contributed by atoms with Crippen LogP contribution in [-0.2, 0) is 9.53 Å². The zero-order chi connectivity index (χ0) is 13.3. The Kier molecular flexibility index (Phi) is 7.52. The summed E-state index contributed by atoms with van der Waals surface area (Å²) in [6.45, 7) is 1.37. The Morgan fingerprint density at radius 1 is 1.53 bits per heavy atom. The number of nitrogens with one attached hydrogen (secondary N) is 1. The van der Waals surface area contributed by atoms with Crippen molar-refractivity contribution in [3.63, 3.8) is 0 Å². The van der Waals surface area contributed by atoms with Gasteiger partial charge < -0.3 is 15.0 Å². The Morgan fingerprint density at radius 3 is 2.71 bits per heavy atom. The van der Waals surface area contributed by atoms with E-state index in [0.29, 0.717) is 0 Å². The van der Waals surface area contributed by atoms with Crippen LogP contribution in [0.3, 0.4) is 0 Å². The van der Waals surface area contributed by atoms with Crippen molar-refractivity contribution in [1.82, 2.24) is 10.2 Å². The van der Waals surface area contributed by atoms with Gasteiger partial charge in [-0.2, -0.15) is 0 Å². The van der Waals surface area contributed by atoms with E-state index in [2.05, 4.69) is 21.9 Å². The molecule has 0 aliphatic carbocycles. The van der Waals surface area contributed by atoms with Gasteiger partial charge in [-0.3, -0.25) is 4.79 Å². The van der Waals surface area contributed by atoms with Crippen LogP contribution < -0.4 is 5.32 Å². The number of ether oxygens (including phenoxy) is 1. The summed E-state index contributed by atoms with van der Waals surface area (Å²) in [7, 11) is 2.66. The Balaban J connectivity index is 3.95. The van der Waals surface area contributed by atoms with Crippen LogP contribution in [0.25, 0.3) is 0 Å². The molecule has 0 aromatic carbocycles. The number of halogens is 1. The standard InChI is InChI=1S/C11H17FN2O3/c1-4-5-6-9(12)8-14(2)10(15)7-13-11(16)17-3/h9H,6-8H2,1-3H3,(H,13,16). The molecule has 0 bridgehead atoms. The van der Waals surface area contributed by atoms with Crippen molar-refractivity contribution >= 4 is 12.0 Å². The van der Waals surface area contributed by atoms with E-state index >= 15 is 0 Å². The molecule has 1 unspecified atom stereocenters. The van der Waals surface area contributed by atoms with Crippen molar-refractivity contribution in [2.45, 2.75) is 19.5 Å². The third-order valence-corrected chi connectivity index (χ3v) is 1.97. The van der Waals surface area contributed by atoms with E-state index < -0.39 is 12.3 Å². The van der Waals surface area contributed by atoms with E-state index in [4.69, 9.17) is 0 Å². The Bertz CT molecular complexity index is 322. The minimum absolute atomic E-state index is 0.0453. The summed E-state index contributed by atoms with van der Waals surface area (Å²) in [5, 5.41) is 2.23. The minimum Gasteiger partial charge on any atom is -0.453 e. The van der Waals surface area contributed by atoms with Crippen molar-refractivity contribution in [3.8, 4) is 11.8 Å². The van der Waals surface area contributed by atoms with Crippen LogP contribution in [0.4, 0.5) is 9.18 Å². The van der Waals surface area contributed by atoms with Crippen molar-refractivity contribution in [1.29, 1.82) is 0 Å². The lowest BCUT2D eigenvalue weighted by Crippen LogP contribution is -2.40. The van der Waals surface area contributed by atoms with Crippen LogP contribution in [-0.4, -0.2) is 50.3 Å². The van der Waals surface area contributed by atoms with E-state index in [1.54, 1.807) is 6.92 Å². The number of likely N-dealkylation sites (N-methyl/N-ethyl adjacent to an activating group) is 1. The van der Waals surface area contributed by atoms with Gasteiger partial charge >= 0.3 is 6.09 Å². The van der Waals surface area contributed by atoms with E-state index in [-0.39, 0.29) is 25.4 Å². The number of hydrogen-bond donors (Lipinski definition) is 1. The van der Waals surface area contributed by atoms with Gasteiger partial charge in [0.1, 0.15) is 12.7 Å². The molecule has 0 saturated carbocycles. The number of alkyl carbamates (subject to hydrolysis) is 1. The first kappa shape index (κ1) is 15.2. The molecule has 5 nitrogen and oxygen atoms in total. The Morgan fingerprint density at radius 2 is 2.18 bits per heavy atom. The summed E-state index contributed by atoms with van der Waals surface area (Å²) in [4.78, 5) is 23.3. The molecule has 1 N–H and O–H groups in total. The summed E-state index contributed by atoms with van der Waals surface area (Å²) >= 11 is 0. The maximum absolute atomic E-state index is 13.3. The predicted molar refractivity (Wildman–Crippen MR) is 61.0 cm³/mol. The minimum atomic E-state index is -1.19. The van der Waals surface area contributed by atoms with Gasteiger partial charge in [0.15, 0.2) is 0 Å². The average molecular weight is 244 g/mol. The SMILES string of the molecule is CC#CCC(F)CN(C)C(=O)CNC(=O)OC. The number of nitrogens with zero attached hydrogens (tertiary/aromatic N) is 1. The molecule has 2 amide bonds. The lowest BCUT2D eigenvalue weighted by atomic mass is 10.2. The molecule has 0 fully saturated rings. The van der Waals surface area contributed by atoms with Crippen molar-refractivity contribution in [2.24, 2.45) is 0 Å². The highest BCUT2D eigenvalue weighted by molar-refractivity contribution is 5.81. The fourth-order valence-corrected chi connectivity index (χ4v) is 1.03. The van der Waals surface area contributed by atoms with Gasteiger partial charge in [-0.15, -0.1) is 11.8 Å². The van der Waals surface area contributed by atoms with Gasteiger partial charge in [0.2, 0.25) is 5.91 Å². The molecule has 0 heterocycles. The number of amides is 2. The molecule has 1 atom stereocenters. The molecule has 6 heteroatoms. The average Bonchev–Trinajstić information content (AvgIpc) is 2.32. The molecule has 0 saturated heterocycles. The number of methoxy groups -OCH3 is 1. The van der Waals surface area contributed by atoms with E-state index in [9.17, 15) is 14.0 Å². The molecule has 0 aliphatic rings. The first-order valence-corrected chi connectivity index (χ1v) is 5.10. The first-order chi connectivity index (χ1) is 8.01. The molecule has 0 aromatic rings. The normalized spacial score (nSPS) is 10.8. The highest BCUT2D eigenvalue weighted by atomic mass is 19.1. The van der Waals surface area contributed by atoms with Crippen LogP contribution >= 0.6 is 0 Å². The highest BCUT2D eigenvalue weighted by Gasteiger charge is 2.14. The summed E-state index contributed by atoms with van der Waals surface area (Å²) in [5.74, 6) is 4.79. The lowest BCUT2D eigenvalue weighted by molar-refractivity contribution is -0.129. The second-order valence-electron chi connectivity index (χ2n) is 3.35. The summed E-state index contributed by atoms with van der Waals surface area (Å²) in [5.41, 5.74) is 0. The van der Waals surface area contributed by atoms with E-state index in [1.165, 1.54) is 19.1 Å². The fourth-order valence-electron chi connectivity index (χ4n) is 1.03. The van der Waals surface area contributed by atoms with E-state index in [1.807, 2.05) is 0 Å². The van der Waals surface area contributed by atoms with Gasteiger partial charge in [-0.05, 0) is 6.92 Å². The summed E-state index contributed by atoms with van der Waals surface area (Å²) in [6, 6.07) is 0. The zero-order valence-electron chi connectivity index (χ0n) is 10.2. The maximum Gasteiger partial charge on any atom is 0.407 e. The molecule has 0 radical (unpaired) electrons. The zero-order valence-corrected chi connectivity index (χ0v) is 10.2. The Labute approximate surface area is 100 Å². The van der Waals surface area contributed by atoms with Crippen LogP contribution in [0.15, 0.2) is 0 Å². The maximum atomic E-state index is 13.3. The quantitative estimate of drug-likeness (QED) is 0.719. The van der Waals surface area contributed by atoms with Crippen LogP contribution in [0.2, 0.25) is 0 Å². The topological polar surface area (TPSA) is 58.6 Å². The number of rotatable bonds is 5. The second-order valence-corrected chi connectivity index (χ2v) is 3.35. The molecular formula is C11H17FN2O3. The number of alkyl halides is 1. The largest absolute Gasteiger partial charge is 0.453 e. The smallest absolute Gasteiger partial charge is 0.407 e. The molecular weight excluding hydrogens is 227 g/mol. The molecule has 96 valence electrons. The van der Waals surface area contributed by atoms with Gasteiger partial charge in [-0.25, -0.2) is 9.18 Å². The van der Waals surface area contributed by atoms with Crippen molar-refractivity contribution in [2.75, 3.05) is 27.2 Å². The molecule has 0 spiro atoms. The second kappa shape index (κ2) is 8.39. The molecule has 0 rings (SSSR count). The summed E-state index contributed by atoms with van der Waals surface area (Å²) in [6.07, 6.45) is -1.78. The van der Waals surface area contributed by atoms with Crippen molar-refractivity contribution in [3.05, 3.63) is 0 Å². The molecule has 0 aliphatic heterocycles. The monoisotopic (exact) mass is 244 g/mol. The lowest BCUT2D eigenvalue weighted by Gasteiger charge is -2.18. The van der Waals surface area contributed by atoms with Crippen LogP contribution in [0.1, 0.15) is 13.3 Å².